The van der Waals surface area contributed by atoms with E-state index >= 15 is 0 Å². The van der Waals surface area contributed by atoms with E-state index in [2.05, 4.69) is 25.5 Å². The Hall–Kier alpha value is -2.47. The molecule has 23 heavy (non-hydrogen) atoms. The van der Waals surface area contributed by atoms with Crippen LogP contribution in [-0.4, -0.2) is 20.2 Å². The van der Waals surface area contributed by atoms with Crippen molar-refractivity contribution in [3.8, 4) is 0 Å². The summed E-state index contributed by atoms with van der Waals surface area (Å²) in [5.41, 5.74) is 3.89. The maximum atomic E-state index is 12.4. The molecule has 3 rings (SSSR count). The van der Waals surface area contributed by atoms with Crippen molar-refractivity contribution >= 4 is 10.9 Å². The van der Waals surface area contributed by atoms with Gasteiger partial charge in [0.15, 0.2) is 11.3 Å². The number of hydrogen-bond acceptors (Lipinski definition) is 4. The molecule has 1 aromatic carbocycles. The van der Waals surface area contributed by atoms with Gasteiger partial charge in [0.05, 0.1) is 11.6 Å². The van der Waals surface area contributed by atoms with Crippen molar-refractivity contribution in [3.05, 3.63) is 56.9 Å². The molecule has 0 saturated heterocycles. The lowest BCUT2D eigenvalue weighted by molar-refractivity contribution is 0.542. The number of benzene rings is 1. The summed E-state index contributed by atoms with van der Waals surface area (Å²) in [7, 11) is 0. The van der Waals surface area contributed by atoms with Crippen LogP contribution in [0.5, 0.6) is 0 Å². The molecular formula is C17H21N5O. The van der Waals surface area contributed by atoms with Gasteiger partial charge in [-0.2, -0.15) is 5.10 Å². The van der Waals surface area contributed by atoms with Crippen molar-refractivity contribution in [2.24, 2.45) is 0 Å². The first-order valence-electron chi connectivity index (χ1n) is 7.70. The molecule has 120 valence electrons. The van der Waals surface area contributed by atoms with E-state index in [1.165, 1.54) is 0 Å². The van der Waals surface area contributed by atoms with E-state index in [9.17, 15) is 4.79 Å². The first-order chi connectivity index (χ1) is 11.0. The van der Waals surface area contributed by atoms with E-state index < -0.39 is 0 Å². The van der Waals surface area contributed by atoms with Gasteiger partial charge in [0.2, 0.25) is 0 Å². The fraction of sp³-hybridized carbons (Fsp3) is 0.353. The number of aromatic amines is 2. The van der Waals surface area contributed by atoms with Gasteiger partial charge in [0.25, 0.3) is 0 Å². The molecule has 0 aliphatic rings. The van der Waals surface area contributed by atoms with Crippen LogP contribution in [0.15, 0.2) is 23.0 Å². The maximum Gasteiger partial charge on any atom is 0.189 e. The minimum absolute atomic E-state index is 0.00208. The Morgan fingerprint density at radius 1 is 1.22 bits per heavy atom. The number of hydrogen-bond donors (Lipinski definition) is 3. The van der Waals surface area contributed by atoms with Gasteiger partial charge in [-0.3, -0.25) is 9.89 Å². The molecule has 0 spiro atoms. The predicted octanol–water partition coefficient (Wildman–Crippen LogP) is 2.42. The number of aromatic nitrogens is 4. The summed E-state index contributed by atoms with van der Waals surface area (Å²) < 4.78 is 0. The van der Waals surface area contributed by atoms with Crippen LogP contribution in [0.25, 0.3) is 10.9 Å². The summed E-state index contributed by atoms with van der Waals surface area (Å²) in [6, 6.07) is 5.68. The average Bonchev–Trinajstić information content (AvgIpc) is 2.95. The second-order valence-electron chi connectivity index (χ2n) is 5.99. The van der Waals surface area contributed by atoms with Gasteiger partial charge in [-0.05, 0) is 38.8 Å². The third kappa shape index (κ3) is 3.03. The van der Waals surface area contributed by atoms with Crippen LogP contribution >= 0.6 is 0 Å². The molecule has 0 radical (unpaired) electrons. The monoisotopic (exact) mass is 311 g/mol. The highest BCUT2D eigenvalue weighted by Gasteiger charge is 2.11. The minimum atomic E-state index is -0.00208. The number of fused-ring (bicyclic) bond motifs is 1. The largest absolute Gasteiger partial charge is 0.357 e. The number of rotatable bonds is 4. The van der Waals surface area contributed by atoms with Crippen LogP contribution < -0.4 is 10.7 Å². The quantitative estimate of drug-likeness (QED) is 0.690. The number of nitrogens with one attached hydrogen (secondary N) is 3. The van der Waals surface area contributed by atoms with E-state index in [0.717, 1.165) is 39.4 Å². The van der Waals surface area contributed by atoms with E-state index in [1.54, 1.807) is 6.07 Å². The minimum Gasteiger partial charge on any atom is -0.357 e. The molecule has 6 heteroatoms. The summed E-state index contributed by atoms with van der Waals surface area (Å²) in [5.74, 6) is 1.51. The van der Waals surface area contributed by atoms with Crippen LogP contribution in [0.2, 0.25) is 0 Å². The Bertz CT molecular complexity index is 909. The molecule has 3 N–H and O–H groups in total. The zero-order valence-corrected chi connectivity index (χ0v) is 13.8. The summed E-state index contributed by atoms with van der Waals surface area (Å²) in [6.07, 6.45) is 0. The number of aryl methyl sites for hydroxylation is 3. The molecule has 2 heterocycles. The van der Waals surface area contributed by atoms with Crippen molar-refractivity contribution < 1.29 is 0 Å². The predicted molar refractivity (Wildman–Crippen MR) is 90.4 cm³/mol. The molecule has 2 aromatic heterocycles. The van der Waals surface area contributed by atoms with Gasteiger partial charge >= 0.3 is 0 Å². The maximum absolute atomic E-state index is 12.4. The summed E-state index contributed by atoms with van der Waals surface area (Å²) >= 11 is 0. The number of H-pyrrole nitrogens is 2. The van der Waals surface area contributed by atoms with Gasteiger partial charge in [-0.15, -0.1) is 0 Å². The summed E-state index contributed by atoms with van der Waals surface area (Å²) in [5, 5.41) is 11.1. The first-order valence-corrected chi connectivity index (χ1v) is 7.70. The van der Waals surface area contributed by atoms with Gasteiger partial charge < -0.3 is 10.3 Å². The Labute approximate surface area is 134 Å². The third-order valence-electron chi connectivity index (χ3n) is 4.06. The molecule has 0 amide bonds. The average molecular weight is 311 g/mol. The fourth-order valence-corrected chi connectivity index (χ4v) is 2.72. The summed E-state index contributed by atoms with van der Waals surface area (Å²) in [4.78, 5) is 20.1. The molecule has 0 aliphatic heterocycles. The molecule has 6 nitrogen and oxygen atoms in total. The van der Waals surface area contributed by atoms with Crippen molar-refractivity contribution in [1.82, 2.24) is 25.5 Å². The van der Waals surface area contributed by atoms with Gasteiger partial charge in [0, 0.05) is 23.7 Å². The van der Waals surface area contributed by atoms with E-state index in [4.69, 9.17) is 0 Å². The molecule has 3 aromatic rings. The van der Waals surface area contributed by atoms with Crippen LogP contribution in [-0.2, 0) is 6.54 Å². The Balaban J connectivity index is 1.86. The highest BCUT2D eigenvalue weighted by Crippen LogP contribution is 2.17. The van der Waals surface area contributed by atoms with Crippen LogP contribution in [0.3, 0.4) is 0 Å². The second-order valence-corrected chi connectivity index (χ2v) is 5.99. The Morgan fingerprint density at radius 3 is 2.65 bits per heavy atom. The van der Waals surface area contributed by atoms with E-state index in [0.29, 0.717) is 6.54 Å². The number of pyridine rings is 1. The van der Waals surface area contributed by atoms with Gasteiger partial charge in [0.1, 0.15) is 5.82 Å². The standard InChI is InChI=1S/C17H21N5O/c1-9-5-6-10(2)16-15(9)14(23)7-13(20-16)8-18-11(3)17-19-12(4)21-22-17/h5-7,11,18H,8H2,1-4H3,(H,20,23)(H,19,21,22). The van der Waals surface area contributed by atoms with Crippen LogP contribution in [0, 0.1) is 20.8 Å². The molecule has 0 aliphatic carbocycles. The van der Waals surface area contributed by atoms with Crippen molar-refractivity contribution in [2.45, 2.75) is 40.3 Å². The van der Waals surface area contributed by atoms with Gasteiger partial charge in [-0.25, -0.2) is 4.98 Å². The Morgan fingerprint density at radius 2 is 1.96 bits per heavy atom. The molecule has 1 unspecified atom stereocenters. The SMILES string of the molecule is Cc1nc(C(C)NCc2cc(=O)c3c(C)ccc(C)c3[nH]2)n[nH]1. The highest BCUT2D eigenvalue weighted by atomic mass is 16.1. The lowest BCUT2D eigenvalue weighted by atomic mass is 10.0. The molecule has 1 atom stereocenters. The molecular weight excluding hydrogens is 290 g/mol. The smallest absolute Gasteiger partial charge is 0.189 e. The zero-order chi connectivity index (χ0) is 16.6. The zero-order valence-electron chi connectivity index (χ0n) is 13.8. The summed E-state index contributed by atoms with van der Waals surface area (Å²) in [6.45, 7) is 8.39. The lowest BCUT2D eigenvalue weighted by Gasteiger charge is -2.12. The molecule has 0 fully saturated rings. The van der Waals surface area contributed by atoms with Crippen LogP contribution in [0.1, 0.15) is 41.4 Å². The number of nitrogens with zero attached hydrogens (tertiary/aromatic N) is 2. The first kappa shape index (κ1) is 15.4. The second kappa shape index (κ2) is 5.96. The fourth-order valence-electron chi connectivity index (χ4n) is 2.72. The topological polar surface area (TPSA) is 86.5 Å². The van der Waals surface area contributed by atoms with E-state index in [1.807, 2.05) is 39.8 Å². The van der Waals surface area contributed by atoms with E-state index in [-0.39, 0.29) is 11.5 Å². The Kier molecular flexibility index (Phi) is 4.00. The molecule has 0 bridgehead atoms. The van der Waals surface area contributed by atoms with Crippen molar-refractivity contribution in [1.29, 1.82) is 0 Å². The van der Waals surface area contributed by atoms with Crippen molar-refractivity contribution in [2.75, 3.05) is 0 Å². The van der Waals surface area contributed by atoms with Crippen LogP contribution in [0.4, 0.5) is 0 Å². The third-order valence-corrected chi connectivity index (χ3v) is 4.06. The van der Waals surface area contributed by atoms with Crippen molar-refractivity contribution in [3.63, 3.8) is 0 Å². The highest BCUT2D eigenvalue weighted by molar-refractivity contribution is 5.84. The lowest BCUT2D eigenvalue weighted by Crippen LogP contribution is -2.21. The molecule has 0 saturated carbocycles. The normalized spacial score (nSPS) is 12.7. The van der Waals surface area contributed by atoms with Gasteiger partial charge in [-0.1, -0.05) is 12.1 Å².